The van der Waals surface area contributed by atoms with Crippen molar-refractivity contribution in [2.45, 2.75) is 18.9 Å². The van der Waals surface area contributed by atoms with Crippen LogP contribution in [0.25, 0.3) is 0 Å². The minimum absolute atomic E-state index is 0.0215. The second-order valence-electron chi connectivity index (χ2n) is 8.78. The van der Waals surface area contributed by atoms with Gasteiger partial charge in [-0.25, -0.2) is 0 Å². The number of benzene rings is 2. The van der Waals surface area contributed by atoms with Gasteiger partial charge in [0.15, 0.2) is 0 Å². The normalized spacial score (nSPS) is 24.7. The SMILES string of the molecule is O=C1[C@H]2CC=CC[C@H]2C(=O)N1CN1CCN(C(c2ccccc2)c2ccccc2)CC1. The third kappa shape index (κ3) is 3.95. The fourth-order valence-corrected chi connectivity index (χ4v) is 5.26. The van der Waals surface area contributed by atoms with Crippen molar-refractivity contribution in [2.75, 3.05) is 32.8 Å². The first kappa shape index (κ1) is 20.2. The zero-order valence-corrected chi connectivity index (χ0v) is 17.8. The average molecular weight is 416 g/mol. The van der Waals surface area contributed by atoms with Gasteiger partial charge in [0.1, 0.15) is 0 Å². The summed E-state index contributed by atoms with van der Waals surface area (Å²) in [7, 11) is 0. The first-order valence-corrected chi connectivity index (χ1v) is 11.3. The minimum atomic E-state index is -0.140. The summed E-state index contributed by atoms with van der Waals surface area (Å²) in [5.41, 5.74) is 2.59. The Hall–Kier alpha value is -2.76. The quantitative estimate of drug-likeness (QED) is 0.555. The Balaban J connectivity index is 1.26. The van der Waals surface area contributed by atoms with Crippen molar-refractivity contribution in [2.24, 2.45) is 11.8 Å². The molecule has 2 aromatic carbocycles. The van der Waals surface area contributed by atoms with Crippen molar-refractivity contribution in [3.63, 3.8) is 0 Å². The van der Waals surface area contributed by atoms with Gasteiger partial charge in [-0.2, -0.15) is 0 Å². The second kappa shape index (κ2) is 8.77. The van der Waals surface area contributed by atoms with E-state index in [1.807, 2.05) is 12.2 Å². The zero-order chi connectivity index (χ0) is 21.2. The van der Waals surface area contributed by atoms with Crippen LogP contribution in [0.1, 0.15) is 30.0 Å². The van der Waals surface area contributed by atoms with E-state index in [1.165, 1.54) is 16.0 Å². The number of likely N-dealkylation sites (tertiary alicyclic amines) is 1. The molecule has 0 unspecified atom stereocenters. The molecule has 0 saturated carbocycles. The van der Waals surface area contributed by atoms with E-state index in [4.69, 9.17) is 0 Å². The number of allylic oxidation sites excluding steroid dienone is 2. The smallest absolute Gasteiger partial charge is 0.234 e. The number of piperazine rings is 1. The number of nitrogens with zero attached hydrogens (tertiary/aromatic N) is 3. The molecule has 2 amide bonds. The van der Waals surface area contributed by atoms with Gasteiger partial charge in [-0.05, 0) is 24.0 Å². The molecule has 2 heterocycles. The van der Waals surface area contributed by atoms with E-state index in [9.17, 15) is 9.59 Å². The summed E-state index contributed by atoms with van der Waals surface area (Å²) < 4.78 is 0. The van der Waals surface area contributed by atoms with Crippen LogP contribution in [0.2, 0.25) is 0 Å². The summed E-state index contributed by atoms with van der Waals surface area (Å²) in [6.45, 7) is 3.93. The second-order valence-corrected chi connectivity index (χ2v) is 8.78. The monoisotopic (exact) mass is 415 g/mol. The Morgan fingerprint density at radius 3 is 1.68 bits per heavy atom. The van der Waals surface area contributed by atoms with E-state index < -0.39 is 0 Å². The van der Waals surface area contributed by atoms with Gasteiger partial charge in [-0.1, -0.05) is 72.8 Å². The maximum absolute atomic E-state index is 12.8. The van der Waals surface area contributed by atoms with E-state index in [1.54, 1.807) is 0 Å². The molecule has 0 spiro atoms. The highest BCUT2D eigenvalue weighted by Crippen LogP contribution is 2.35. The molecule has 2 atom stereocenters. The van der Waals surface area contributed by atoms with Crippen LogP contribution >= 0.6 is 0 Å². The van der Waals surface area contributed by atoms with E-state index in [0.717, 1.165) is 26.2 Å². The molecule has 3 aliphatic rings. The van der Waals surface area contributed by atoms with Gasteiger partial charge in [-0.3, -0.25) is 24.3 Å². The van der Waals surface area contributed by atoms with Gasteiger partial charge in [0.25, 0.3) is 0 Å². The highest BCUT2D eigenvalue weighted by atomic mass is 16.2. The van der Waals surface area contributed by atoms with Crippen LogP contribution in [0.3, 0.4) is 0 Å². The molecule has 0 radical (unpaired) electrons. The van der Waals surface area contributed by atoms with Gasteiger partial charge in [0.2, 0.25) is 11.8 Å². The van der Waals surface area contributed by atoms with Gasteiger partial charge < -0.3 is 0 Å². The largest absolute Gasteiger partial charge is 0.290 e. The summed E-state index contributed by atoms with van der Waals surface area (Å²) in [6.07, 6.45) is 5.49. The molecule has 2 fully saturated rings. The van der Waals surface area contributed by atoms with Crippen LogP contribution < -0.4 is 0 Å². The molecule has 5 nitrogen and oxygen atoms in total. The molecule has 5 heteroatoms. The molecule has 2 aliphatic heterocycles. The Bertz CT molecular complexity index is 886. The molecule has 1 aliphatic carbocycles. The summed E-state index contributed by atoms with van der Waals surface area (Å²) in [5, 5.41) is 0. The molecule has 0 N–H and O–H groups in total. The van der Waals surface area contributed by atoms with Crippen LogP contribution in [0.15, 0.2) is 72.8 Å². The van der Waals surface area contributed by atoms with Gasteiger partial charge in [-0.15, -0.1) is 0 Å². The van der Waals surface area contributed by atoms with Gasteiger partial charge in [0.05, 0.1) is 24.5 Å². The Morgan fingerprint density at radius 1 is 0.710 bits per heavy atom. The van der Waals surface area contributed by atoms with Crippen molar-refractivity contribution in [3.05, 3.63) is 83.9 Å². The predicted molar refractivity (Wildman–Crippen MR) is 120 cm³/mol. The third-order valence-corrected chi connectivity index (χ3v) is 6.94. The maximum atomic E-state index is 12.8. The lowest BCUT2D eigenvalue weighted by atomic mass is 9.85. The molecular formula is C26H29N3O2. The number of amides is 2. The number of imide groups is 1. The number of fused-ring (bicyclic) bond motifs is 1. The lowest BCUT2D eigenvalue weighted by molar-refractivity contribution is -0.142. The molecule has 31 heavy (non-hydrogen) atoms. The predicted octanol–water partition coefficient (Wildman–Crippen LogP) is 3.30. The first-order valence-electron chi connectivity index (χ1n) is 11.3. The third-order valence-electron chi connectivity index (χ3n) is 6.94. The zero-order valence-electron chi connectivity index (χ0n) is 17.8. The first-order chi connectivity index (χ1) is 15.2. The van der Waals surface area contributed by atoms with E-state index in [-0.39, 0.29) is 29.7 Å². The topological polar surface area (TPSA) is 43.9 Å². The molecule has 0 aromatic heterocycles. The van der Waals surface area contributed by atoms with Crippen LogP contribution in [-0.2, 0) is 9.59 Å². The fraction of sp³-hybridized carbons (Fsp3) is 0.385. The van der Waals surface area contributed by atoms with Crippen molar-refractivity contribution >= 4 is 11.8 Å². The average Bonchev–Trinajstić information content (AvgIpc) is 3.07. The highest BCUT2D eigenvalue weighted by Gasteiger charge is 2.47. The van der Waals surface area contributed by atoms with Crippen molar-refractivity contribution in [1.29, 1.82) is 0 Å². The molecule has 2 saturated heterocycles. The van der Waals surface area contributed by atoms with E-state index in [2.05, 4.69) is 70.5 Å². The van der Waals surface area contributed by atoms with E-state index >= 15 is 0 Å². The minimum Gasteiger partial charge on any atom is -0.290 e. The van der Waals surface area contributed by atoms with Crippen LogP contribution in [-0.4, -0.2) is 59.4 Å². The number of rotatable bonds is 5. The van der Waals surface area contributed by atoms with Crippen LogP contribution in [0.4, 0.5) is 0 Å². The Kier molecular flexibility index (Phi) is 5.70. The molecule has 2 aromatic rings. The Morgan fingerprint density at radius 2 is 1.19 bits per heavy atom. The number of carbonyl (C=O) groups is 2. The highest BCUT2D eigenvalue weighted by molar-refractivity contribution is 6.05. The molecular weight excluding hydrogens is 386 g/mol. The molecule has 160 valence electrons. The lowest BCUT2D eigenvalue weighted by Crippen LogP contribution is -2.52. The summed E-state index contributed by atoms with van der Waals surface area (Å²) in [5.74, 6) is -0.236. The van der Waals surface area contributed by atoms with Crippen molar-refractivity contribution < 1.29 is 9.59 Å². The summed E-state index contributed by atoms with van der Waals surface area (Å²) >= 11 is 0. The van der Waals surface area contributed by atoms with Crippen molar-refractivity contribution in [1.82, 2.24) is 14.7 Å². The molecule has 5 rings (SSSR count). The van der Waals surface area contributed by atoms with E-state index in [0.29, 0.717) is 19.5 Å². The molecule has 0 bridgehead atoms. The van der Waals surface area contributed by atoms with Gasteiger partial charge in [0, 0.05) is 26.2 Å². The van der Waals surface area contributed by atoms with Crippen LogP contribution in [0, 0.1) is 11.8 Å². The number of hydrogen-bond donors (Lipinski definition) is 0. The fourth-order valence-electron chi connectivity index (χ4n) is 5.26. The summed E-state index contributed by atoms with van der Waals surface area (Å²) in [6, 6.07) is 21.5. The maximum Gasteiger partial charge on any atom is 0.234 e. The van der Waals surface area contributed by atoms with Crippen molar-refractivity contribution in [3.8, 4) is 0 Å². The summed E-state index contributed by atoms with van der Waals surface area (Å²) in [4.78, 5) is 31.9. The van der Waals surface area contributed by atoms with Crippen LogP contribution in [0.5, 0.6) is 0 Å². The Labute approximate surface area is 183 Å². The lowest BCUT2D eigenvalue weighted by Gasteiger charge is -2.40. The van der Waals surface area contributed by atoms with Gasteiger partial charge >= 0.3 is 0 Å². The number of carbonyl (C=O) groups excluding carboxylic acids is 2. The number of hydrogen-bond acceptors (Lipinski definition) is 4. The standard InChI is InChI=1S/C26H29N3O2/c30-25-22-13-7-8-14-23(22)26(31)29(25)19-27-15-17-28(18-16-27)24(20-9-3-1-4-10-20)21-11-5-2-6-12-21/h1-12,22-24H,13-19H2/t22-,23+.